The fourth-order valence-corrected chi connectivity index (χ4v) is 2.36. The number of nitrogens with one attached hydrogen (secondary N) is 1. The predicted molar refractivity (Wildman–Crippen MR) is 99.8 cm³/mol. The summed E-state index contributed by atoms with van der Waals surface area (Å²) in [6.07, 6.45) is -1.94. The highest BCUT2D eigenvalue weighted by Crippen LogP contribution is 2.32. The SMILES string of the molecule is CCOC(=O)[C@H](CS)NC(=O)C(C)(C)C(O[N+](=O)[O-])C(=O)C(C)(C)CO[N+](=O)[O-]. The monoisotopic (exact) mass is 439 g/mol. The molecule has 0 aromatic rings. The number of ether oxygens (including phenoxy) is 1. The molecule has 0 aromatic heterocycles. The zero-order valence-electron chi connectivity index (χ0n) is 16.7. The van der Waals surface area contributed by atoms with Crippen LogP contribution in [0.25, 0.3) is 0 Å². The second-order valence-corrected chi connectivity index (χ2v) is 7.50. The molecule has 2 atom stereocenters. The lowest BCUT2D eigenvalue weighted by Crippen LogP contribution is -2.56. The van der Waals surface area contributed by atoms with Gasteiger partial charge in [0.05, 0.1) is 12.0 Å². The number of thiol groups is 1. The van der Waals surface area contributed by atoms with Gasteiger partial charge in [0.2, 0.25) is 5.91 Å². The molecular formula is C15H25N3O10S. The summed E-state index contributed by atoms with van der Waals surface area (Å²) in [6.45, 7) is 5.79. The topological polar surface area (TPSA) is 177 Å². The van der Waals surface area contributed by atoms with Crippen molar-refractivity contribution in [2.75, 3.05) is 19.0 Å². The largest absolute Gasteiger partial charge is 0.464 e. The van der Waals surface area contributed by atoms with Crippen LogP contribution in [0.3, 0.4) is 0 Å². The van der Waals surface area contributed by atoms with Crippen LogP contribution in [0.4, 0.5) is 0 Å². The van der Waals surface area contributed by atoms with E-state index in [2.05, 4.69) is 27.6 Å². The van der Waals surface area contributed by atoms with E-state index in [1.165, 1.54) is 27.7 Å². The first-order valence-corrected chi connectivity index (χ1v) is 9.05. The Kier molecular flexibility index (Phi) is 9.80. The van der Waals surface area contributed by atoms with Crippen LogP contribution in [0.1, 0.15) is 34.6 Å². The molecule has 0 aliphatic rings. The van der Waals surface area contributed by atoms with Crippen LogP contribution in [-0.4, -0.2) is 58.9 Å². The molecular weight excluding hydrogens is 414 g/mol. The van der Waals surface area contributed by atoms with Gasteiger partial charge >= 0.3 is 5.97 Å². The highest BCUT2D eigenvalue weighted by molar-refractivity contribution is 7.80. The molecule has 0 aliphatic carbocycles. The lowest BCUT2D eigenvalue weighted by molar-refractivity contribution is -0.768. The Hall–Kier alpha value is -2.64. The van der Waals surface area contributed by atoms with E-state index in [1.807, 2.05) is 0 Å². The molecule has 0 saturated heterocycles. The number of rotatable bonds is 13. The summed E-state index contributed by atoms with van der Waals surface area (Å²) in [5, 5.41) is 21.3. The maximum absolute atomic E-state index is 12.8. The number of nitrogens with zero attached hydrogens (tertiary/aromatic N) is 2. The Bertz CT molecular complexity index is 652. The van der Waals surface area contributed by atoms with Gasteiger partial charge < -0.3 is 19.7 Å². The molecule has 0 fully saturated rings. The summed E-state index contributed by atoms with van der Waals surface area (Å²) < 4.78 is 4.80. The predicted octanol–water partition coefficient (Wildman–Crippen LogP) is 0.371. The second kappa shape index (κ2) is 10.8. The first kappa shape index (κ1) is 26.4. The minimum Gasteiger partial charge on any atom is -0.464 e. The molecule has 1 N–H and O–H groups in total. The molecule has 0 bridgehead atoms. The molecule has 0 aliphatic heterocycles. The number of ketones is 1. The van der Waals surface area contributed by atoms with Gasteiger partial charge in [-0.15, -0.1) is 20.2 Å². The number of carbonyl (C=O) groups is 3. The number of hydrogen-bond acceptors (Lipinski definition) is 11. The van der Waals surface area contributed by atoms with E-state index in [-0.39, 0.29) is 12.4 Å². The Labute approximate surface area is 172 Å². The normalized spacial score (nSPS) is 13.6. The van der Waals surface area contributed by atoms with Crippen LogP contribution in [-0.2, 0) is 28.8 Å². The van der Waals surface area contributed by atoms with E-state index in [1.54, 1.807) is 6.92 Å². The highest BCUT2D eigenvalue weighted by atomic mass is 32.1. The molecule has 1 amide bonds. The van der Waals surface area contributed by atoms with Crippen LogP contribution in [0, 0.1) is 31.1 Å². The molecule has 14 heteroatoms. The summed E-state index contributed by atoms with van der Waals surface area (Å²) in [7, 11) is 0. The first-order chi connectivity index (χ1) is 13.2. The van der Waals surface area contributed by atoms with Crippen molar-refractivity contribution in [3.63, 3.8) is 0 Å². The zero-order valence-corrected chi connectivity index (χ0v) is 17.6. The third kappa shape index (κ3) is 7.71. The molecule has 0 heterocycles. The van der Waals surface area contributed by atoms with Crippen molar-refractivity contribution in [1.82, 2.24) is 5.32 Å². The number of amides is 1. The third-order valence-electron chi connectivity index (χ3n) is 3.93. The lowest BCUT2D eigenvalue weighted by atomic mass is 9.75. The molecule has 166 valence electrons. The van der Waals surface area contributed by atoms with Gasteiger partial charge in [-0.1, -0.05) is 13.8 Å². The van der Waals surface area contributed by atoms with Gasteiger partial charge in [-0.25, -0.2) is 4.79 Å². The van der Waals surface area contributed by atoms with Gasteiger partial charge in [0.1, 0.15) is 12.6 Å². The molecule has 0 aromatic carbocycles. The van der Waals surface area contributed by atoms with Crippen molar-refractivity contribution in [3.05, 3.63) is 20.2 Å². The van der Waals surface area contributed by atoms with Crippen LogP contribution in [0.5, 0.6) is 0 Å². The van der Waals surface area contributed by atoms with Crippen molar-refractivity contribution >= 4 is 30.3 Å². The molecule has 0 spiro atoms. The van der Waals surface area contributed by atoms with E-state index in [0.29, 0.717) is 0 Å². The number of hydrogen-bond donors (Lipinski definition) is 2. The maximum Gasteiger partial charge on any atom is 0.329 e. The van der Waals surface area contributed by atoms with Gasteiger partial charge in [0, 0.05) is 11.2 Å². The molecule has 29 heavy (non-hydrogen) atoms. The number of esters is 1. The summed E-state index contributed by atoms with van der Waals surface area (Å²) in [5.74, 6) is -2.80. The van der Waals surface area contributed by atoms with E-state index < -0.39 is 57.4 Å². The van der Waals surface area contributed by atoms with Crippen LogP contribution in [0.15, 0.2) is 0 Å². The van der Waals surface area contributed by atoms with E-state index in [9.17, 15) is 34.6 Å². The first-order valence-electron chi connectivity index (χ1n) is 8.41. The summed E-state index contributed by atoms with van der Waals surface area (Å²) in [6, 6.07) is -1.16. The average Bonchev–Trinajstić information content (AvgIpc) is 2.61. The van der Waals surface area contributed by atoms with Crippen molar-refractivity contribution in [3.8, 4) is 0 Å². The fourth-order valence-electron chi connectivity index (χ4n) is 2.12. The van der Waals surface area contributed by atoms with Gasteiger partial charge in [0.25, 0.3) is 10.2 Å². The highest BCUT2D eigenvalue weighted by Gasteiger charge is 2.49. The Morgan fingerprint density at radius 1 is 1.10 bits per heavy atom. The molecule has 0 radical (unpaired) electrons. The zero-order chi connectivity index (χ0) is 23.0. The summed E-state index contributed by atoms with van der Waals surface area (Å²) in [5.41, 5.74) is -3.45. The van der Waals surface area contributed by atoms with Gasteiger partial charge in [-0.3, -0.25) is 9.59 Å². The van der Waals surface area contributed by atoms with Crippen LogP contribution < -0.4 is 5.32 Å². The van der Waals surface area contributed by atoms with Crippen molar-refractivity contribution < 1.29 is 39.0 Å². The van der Waals surface area contributed by atoms with Crippen LogP contribution in [0.2, 0.25) is 0 Å². The number of Topliss-reactive ketones (excluding diaryl/α,β-unsaturated/α-hetero) is 1. The van der Waals surface area contributed by atoms with Crippen molar-refractivity contribution in [2.45, 2.75) is 46.8 Å². The Morgan fingerprint density at radius 3 is 2.07 bits per heavy atom. The maximum atomic E-state index is 12.8. The summed E-state index contributed by atoms with van der Waals surface area (Å²) in [4.78, 5) is 67.4. The lowest BCUT2D eigenvalue weighted by Gasteiger charge is -2.35. The third-order valence-corrected chi connectivity index (χ3v) is 4.29. The standard InChI is InChI=1S/C15H25N3O10S/c1-6-26-12(20)9(7-29)16-13(21)15(4,5)11(28-18(24)25)10(19)14(2,3)8-27-17(22)23/h9,11,29H,6-8H2,1-5H3,(H,16,21)/t9-,11?/m0/s1. The molecule has 13 nitrogen and oxygen atoms in total. The second-order valence-electron chi connectivity index (χ2n) is 7.14. The smallest absolute Gasteiger partial charge is 0.329 e. The Balaban J connectivity index is 5.73. The molecule has 1 unspecified atom stereocenters. The summed E-state index contributed by atoms with van der Waals surface area (Å²) >= 11 is 3.96. The quantitative estimate of drug-likeness (QED) is 0.176. The van der Waals surface area contributed by atoms with Gasteiger partial charge in [-0.05, 0) is 20.8 Å². The number of carbonyl (C=O) groups excluding carboxylic acids is 3. The fraction of sp³-hybridized carbons (Fsp3) is 0.800. The van der Waals surface area contributed by atoms with E-state index in [4.69, 9.17) is 4.74 Å². The van der Waals surface area contributed by atoms with Crippen molar-refractivity contribution in [2.24, 2.45) is 10.8 Å². The van der Waals surface area contributed by atoms with Crippen molar-refractivity contribution in [1.29, 1.82) is 0 Å². The molecule has 0 saturated carbocycles. The van der Waals surface area contributed by atoms with E-state index in [0.717, 1.165) is 0 Å². The van der Waals surface area contributed by atoms with Crippen LogP contribution >= 0.6 is 12.6 Å². The minimum absolute atomic E-state index is 0.0541. The Morgan fingerprint density at radius 2 is 1.66 bits per heavy atom. The molecule has 0 rings (SSSR count). The van der Waals surface area contributed by atoms with E-state index >= 15 is 0 Å². The minimum atomic E-state index is -1.94. The average molecular weight is 439 g/mol. The van der Waals surface area contributed by atoms with Gasteiger partial charge in [0.15, 0.2) is 11.9 Å². The van der Waals surface area contributed by atoms with Gasteiger partial charge in [-0.2, -0.15) is 12.6 Å².